The van der Waals surface area contributed by atoms with Crippen LogP contribution in [0, 0.1) is 5.92 Å². The van der Waals surface area contributed by atoms with E-state index in [1.165, 1.54) is 6.20 Å². The fourth-order valence-electron chi connectivity index (χ4n) is 3.12. The molecule has 7 nitrogen and oxygen atoms in total. The van der Waals surface area contributed by atoms with Gasteiger partial charge in [-0.3, -0.25) is 14.6 Å². The van der Waals surface area contributed by atoms with Crippen LogP contribution in [0.5, 0.6) is 5.75 Å². The first-order valence-corrected chi connectivity index (χ1v) is 10.4. The second-order valence-corrected chi connectivity index (χ2v) is 7.45. The van der Waals surface area contributed by atoms with E-state index in [1.807, 2.05) is 30.3 Å². The molecule has 3 aromatic rings. The Kier molecular flexibility index (Phi) is 6.21. The van der Waals surface area contributed by atoms with Crippen molar-refractivity contribution in [1.82, 2.24) is 9.97 Å². The van der Waals surface area contributed by atoms with E-state index in [2.05, 4.69) is 27.5 Å². The van der Waals surface area contributed by atoms with Gasteiger partial charge in [0.1, 0.15) is 11.6 Å². The number of nitrogens with one attached hydrogen (secondary N) is 2. The molecule has 4 rings (SSSR count). The SMILES string of the molecule is CCCOc1ccccc1-c1cncc(NC(=O)c2ccnc(NC(=O)C3CC3)c2)c1. The average Bonchev–Trinajstić information content (AvgIpc) is 3.64. The van der Waals surface area contributed by atoms with Crippen LogP contribution < -0.4 is 15.4 Å². The number of rotatable bonds is 8. The summed E-state index contributed by atoms with van der Waals surface area (Å²) >= 11 is 0. The monoisotopic (exact) mass is 416 g/mol. The van der Waals surface area contributed by atoms with Gasteiger partial charge in [-0.25, -0.2) is 4.98 Å². The predicted molar refractivity (Wildman–Crippen MR) is 119 cm³/mol. The van der Waals surface area contributed by atoms with E-state index >= 15 is 0 Å². The van der Waals surface area contributed by atoms with Gasteiger partial charge in [-0.05, 0) is 43.5 Å². The van der Waals surface area contributed by atoms with E-state index in [0.29, 0.717) is 23.7 Å². The molecular weight excluding hydrogens is 392 g/mol. The number of carbonyl (C=O) groups is 2. The lowest BCUT2D eigenvalue weighted by atomic mass is 10.1. The van der Waals surface area contributed by atoms with E-state index in [-0.39, 0.29) is 17.7 Å². The van der Waals surface area contributed by atoms with Crippen molar-refractivity contribution >= 4 is 23.3 Å². The molecule has 2 N–H and O–H groups in total. The Hall–Kier alpha value is -3.74. The molecule has 0 saturated heterocycles. The molecule has 2 aromatic heterocycles. The summed E-state index contributed by atoms with van der Waals surface area (Å²) in [4.78, 5) is 33.1. The highest BCUT2D eigenvalue weighted by Crippen LogP contribution is 2.31. The highest BCUT2D eigenvalue weighted by Gasteiger charge is 2.29. The number of ether oxygens (including phenoxy) is 1. The molecule has 7 heteroatoms. The summed E-state index contributed by atoms with van der Waals surface area (Å²) in [6, 6.07) is 12.8. The Bertz CT molecular complexity index is 1100. The van der Waals surface area contributed by atoms with E-state index in [4.69, 9.17) is 4.74 Å². The zero-order chi connectivity index (χ0) is 21.6. The van der Waals surface area contributed by atoms with Crippen molar-refractivity contribution in [3.05, 3.63) is 66.6 Å². The van der Waals surface area contributed by atoms with Gasteiger partial charge in [-0.1, -0.05) is 25.1 Å². The topological polar surface area (TPSA) is 93.2 Å². The fourth-order valence-corrected chi connectivity index (χ4v) is 3.12. The predicted octanol–water partition coefficient (Wildman–Crippen LogP) is 4.53. The summed E-state index contributed by atoms with van der Waals surface area (Å²) in [6.07, 6.45) is 7.56. The maximum atomic E-state index is 12.8. The molecule has 0 atom stereocenters. The largest absolute Gasteiger partial charge is 0.493 e. The number of aromatic nitrogens is 2. The van der Waals surface area contributed by atoms with Gasteiger partial charge >= 0.3 is 0 Å². The summed E-state index contributed by atoms with van der Waals surface area (Å²) in [5.74, 6) is 0.861. The van der Waals surface area contributed by atoms with Gasteiger partial charge in [0.2, 0.25) is 5.91 Å². The molecule has 2 heterocycles. The van der Waals surface area contributed by atoms with E-state index in [9.17, 15) is 9.59 Å². The zero-order valence-corrected chi connectivity index (χ0v) is 17.3. The number of hydrogen-bond acceptors (Lipinski definition) is 5. The Morgan fingerprint density at radius 2 is 1.94 bits per heavy atom. The van der Waals surface area contributed by atoms with Crippen molar-refractivity contribution in [3.8, 4) is 16.9 Å². The van der Waals surface area contributed by atoms with Crippen molar-refractivity contribution < 1.29 is 14.3 Å². The molecule has 1 saturated carbocycles. The van der Waals surface area contributed by atoms with Crippen LogP contribution in [0.3, 0.4) is 0 Å². The van der Waals surface area contributed by atoms with Crippen LogP contribution in [0.25, 0.3) is 11.1 Å². The number of anilines is 2. The van der Waals surface area contributed by atoms with Crippen molar-refractivity contribution in [2.45, 2.75) is 26.2 Å². The maximum Gasteiger partial charge on any atom is 0.255 e. The lowest BCUT2D eigenvalue weighted by Gasteiger charge is -2.12. The first kappa shape index (κ1) is 20.5. The first-order chi connectivity index (χ1) is 15.1. The zero-order valence-electron chi connectivity index (χ0n) is 17.3. The number of amides is 2. The molecule has 158 valence electrons. The fraction of sp³-hybridized carbons (Fsp3) is 0.250. The Morgan fingerprint density at radius 3 is 2.74 bits per heavy atom. The number of carbonyl (C=O) groups excluding carboxylic acids is 2. The van der Waals surface area contributed by atoms with Gasteiger partial charge in [0.15, 0.2) is 0 Å². The minimum Gasteiger partial charge on any atom is -0.493 e. The lowest BCUT2D eigenvalue weighted by molar-refractivity contribution is -0.117. The van der Waals surface area contributed by atoms with Crippen LogP contribution in [-0.4, -0.2) is 28.4 Å². The Labute approximate surface area is 180 Å². The van der Waals surface area contributed by atoms with E-state index in [1.54, 1.807) is 24.5 Å². The summed E-state index contributed by atoms with van der Waals surface area (Å²) in [5.41, 5.74) is 2.72. The van der Waals surface area contributed by atoms with Crippen LogP contribution in [0.15, 0.2) is 61.1 Å². The standard InChI is InChI=1S/C24H24N4O3/c1-2-11-31-21-6-4-3-5-20(21)18-12-19(15-25-14-18)27-24(30)17-9-10-26-22(13-17)28-23(29)16-7-8-16/h3-6,9-10,12-16H,2,7-8,11H2,1H3,(H,27,30)(H,26,28,29). The Balaban J connectivity index is 1.49. The van der Waals surface area contributed by atoms with Crippen molar-refractivity contribution in [2.24, 2.45) is 5.92 Å². The number of hydrogen-bond donors (Lipinski definition) is 2. The van der Waals surface area contributed by atoms with Crippen LogP contribution in [0.4, 0.5) is 11.5 Å². The normalized spacial score (nSPS) is 12.8. The molecule has 1 fully saturated rings. The molecule has 0 bridgehead atoms. The van der Waals surface area contributed by atoms with Gasteiger partial charge in [0.05, 0.1) is 18.5 Å². The molecule has 2 amide bonds. The highest BCUT2D eigenvalue weighted by atomic mass is 16.5. The second kappa shape index (κ2) is 9.38. The van der Waals surface area contributed by atoms with Crippen LogP contribution in [0.1, 0.15) is 36.5 Å². The van der Waals surface area contributed by atoms with Crippen molar-refractivity contribution in [2.75, 3.05) is 17.2 Å². The third-order valence-corrected chi connectivity index (χ3v) is 4.88. The number of benzene rings is 1. The molecule has 0 aliphatic heterocycles. The van der Waals surface area contributed by atoms with Crippen molar-refractivity contribution in [3.63, 3.8) is 0 Å². The summed E-state index contributed by atoms with van der Waals surface area (Å²) in [7, 11) is 0. The van der Waals surface area contributed by atoms with Gasteiger partial charge < -0.3 is 15.4 Å². The van der Waals surface area contributed by atoms with Crippen LogP contribution >= 0.6 is 0 Å². The molecule has 1 aliphatic carbocycles. The summed E-state index contributed by atoms with van der Waals surface area (Å²) < 4.78 is 5.84. The van der Waals surface area contributed by atoms with E-state index in [0.717, 1.165) is 36.1 Å². The molecule has 1 aromatic carbocycles. The highest BCUT2D eigenvalue weighted by molar-refractivity contribution is 6.05. The third kappa shape index (κ3) is 5.25. The number of para-hydroxylation sites is 1. The summed E-state index contributed by atoms with van der Waals surface area (Å²) in [5, 5.41) is 5.62. The van der Waals surface area contributed by atoms with Crippen LogP contribution in [0.2, 0.25) is 0 Å². The molecule has 0 radical (unpaired) electrons. The van der Waals surface area contributed by atoms with Gasteiger partial charge in [-0.2, -0.15) is 0 Å². The minimum atomic E-state index is -0.307. The minimum absolute atomic E-state index is 0.0501. The average molecular weight is 416 g/mol. The maximum absolute atomic E-state index is 12.8. The van der Waals surface area contributed by atoms with Gasteiger partial charge in [0.25, 0.3) is 5.91 Å². The van der Waals surface area contributed by atoms with Gasteiger partial charge in [-0.15, -0.1) is 0 Å². The molecule has 0 spiro atoms. The Morgan fingerprint density at radius 1 is 1.10 bits per heavy atom. The first-order valence-electron chi connectivity index (χ1n) is 10.4. The van der Waals surface area contributed by atoms with Crippen molar-refractivity contribution in [1.29, 1.82) is 0 Å². The number of pyridine rings is 2. The van der Waals surface area contributed by atoms with Crippen LogP contribution in [-0.2, 0) is 4.79 Å². The van der Waals surface area contributed by atoms with Gasteiger partial charge in [0, 0.05) is 35.0 Å². The second-order valence-electron chi connectivity index (χ2n) is 7.45. The summed E-state index contributed by atoms with van der Waals surface area (Å²) in [6.45, 7) is 2.69. The third-order valence-electron chi connectivity index (χ3n) is 4.88. The quantitative estimate of drug-likeness (QED) is 0.563. The molecule has 0 unspecified atom stereocenters. The van der Waals surface area contributed by atoms with E-state index < -0.39 is 0 Å². The smallest absolute Gasteiger partial charge is 0.255 e. The molecule has 31 heavy (non-hydrogen) atoms. The molecular formula is C24H24N4O3. The lowest BCUT2D eigenvalue weighted by Crippen LogP contribution is -2.16. The molecule has 1 aliphatic rings. The number of nitrogens with zero attached hydrogens (tertiary/aromatic N) is 2.